The Morgan fingerprint density at radius 2 is 1.37 bits per heavy atom. The minimum absolute atomic E-state index is 0.0163. The van der Waals surface area contributed by atoms with E-state index in [2.05, 4.69) is 119 Å². The van der Waals surface area contributed by atoms with Crippen LogP contribution >= 0.6 is 0 Å². The molecule has 0 radical (unpaired) electrons. The fourth-order valence-electron chi connectivity index (χ4n) is 3.75. The summed E-state index contributed by atoms with van der Waals surface area (Å²) < 4.78 is 6.94. The summed E-state index contributed by atoms with van der Waals surface area (Å²) in [7, 11) is -3.98. The lowest BCUT2D eigenvalue weighted by molar-refractivity contribution is 0.0854. The summed E-state index contributed by atoms with van der Waals surface area (Å²) in [5.41, 5.74) is 3.35. The Morgan fingerprint density at radius 3 is 1.77 bits per heavy atom. The van der Waals surface area contributed by atoms with Gasteiger partial charge in [0, 0.05) is 18.9 Å². The molecule has 2 rings (SSSR count). The van der Waals surface area contributed by atoms with Gasteiger partial charge >= 0.3 is 0 Å². The highest BCUT2D eigenvalue weighted by atomic mass is 28.4. The summed E-state index contributed by atoms with van der Waals surface area (Å²) in [5, 5.41) is 13.2. The molecule has 1 N–H and O–H groups in total. The third kappa shape index (κ3) is 6.18. The summed E-state index contributed by atoms with van der Waals surface area (Å²) in [6.07, 6.45) is 0.0299. The number of rotatable bonds is 7. The minimum Gasteiger partial charge on any atom is -0.407 e. The van der Waals surface area contributed by atoms with E-state index in [4.69, 9.17) is 4.43 Å². The third-order valence-electron chi connectivity index (χ3n) is 5.41. The smallest absolute Gasteiger partial charge is 0.261 e. The summed E-state index contributed by atoms with van der Waals surface area (Å²) in [5.74, 6) is 3.23. The second-order valence-electron chi connectivity index (χ2n) is 10.3. The molecule has 0 unspecified atom stereocenters. The zero-order chi connectivity index (χ0) is 22.4. The molecule has 2 aromatic carbocycles. The molecule has 0 spiro atoms. The molecule has 0 amide bonds. The average molecular weight is 439 g/mol. The lowest BCUT2D eigenvalue weighted by atomic mass is 10.0. The molecule has 2 atom stereocenters. The molecule has 0 saturated heterocycles. The maximum atomic E-state index is 10.7. The van der Waals surface area contributed by atoms with Gasteiger partial charge in [-0.05, 0) is 15.4 Å². The number of aliphatic hydroxyl groups excluding tert-OH is 1. The lowest BCUT2D eigenvalue weighted by Gasteiger charge is -2.43. The van der Waals surface area contributed by atoms with Crippen LogP contribution in [0, 0.1) is 17.4 Å². The van der Waals surface area contributed by atoms with E-state index in [1.807, 2.05) is 0 Å². The van der Waals surface area contributed by atoms with Gasteiger partial charge in [-0.3, -0.25) is 0 Å². The first-order valence-electron chi connectivity index (χ1n) is 10.9. The molecule has 0 saturated carbocycles. The van der Waals surface area contributed by atoms with Crippen LogP contribution in [0.2, 0.25) is 24.7 Å². The van der Waals surface area contributed by atoms with Gasteiger partial charge in [0.15, 0.2) is 0 Å². The monoisotopic (exact) mass is 438 g/mol. The first-order chi connectivity index (χ1) is 14.0. The molecule has 0 heterocycles. The molecule has 4 heteroatoms. The van der Waals surface area contributed by atoms with Gasteiger partial charge in [-0.25, -0.2) is 0 Å². The second-order valence-corrected chi connectivity index (χ2v) is 19.3. The summed E-state index contributed by atoms with van der Waals surface area (Å²) in [4.78, 5) is 0. The SMILES string of the molecule is C[C@H](CO[Si](c1ccccc1)(c1ccccc1)C(C)(C)C)[C@H](O)CC#C[Si](C)(C)C. The maximum absolute atomic E-state index is 10.7. The number of hydrogen-bond donors (Lipinski definition) is 1. The van der Waals surface area contributed by atoms with Gasteiger partial charge < -0.3 is 9.53 Å². The van der Waals surface area contributed by atoms with E-state index in [9.17, 15) is 5.11 Å². The van der Waals surface area contributed by atoms with E-state index in [0.717, 1.165) is 0 Å². The minimum atomic E-state index is -2.56. The van der Waals surface area contributed by atoms with E-state index in [1.165, 1.54) is 10.4 Å². The van der Waals surface area contributed by atoms with Crippen molar-refractivity contribution < 1.29 is 9.53 Å². The van der Waals surface area contributed by atoms with E-state index in [-0.39, 0.29) is 11.0 Å². The molecule has 2 aromatic rings. The molecule has 2 nitrogen and oxygen atoms in total. The summed E-state index contributed by atoms with van der Waals surface area (Å²) >= 11 is 0. The van der Waals surface area contributed by atoms with Gasteiger partial charge in [0.25, 0.3) is 8.32 Å². The quantitative estimate of drug-likeness (QED) is 0.495. The average Bonchev–Trinajstić information content (AvgIpc) is 2.68. The van der Waals surface area contributed by atoms with Gasteiger partial charge in [0.2, 0.25) is 0 Å². The van der Waals surface area contributed by atoms with Crippen LogP contribution < -0.4 is 10.4 Å². The molecule has 0 aliphatic carbocycles. The van der Waals surface area contributed by atoms with Crippen LogP contribution in [0.25, 0.3) is 0 Å². The highest BCUT2D eigenvalue weighted by molar-refractivity contribution is 6.99. The fraction of sp³-hybridized carbons (Fsp3) is 0.462. The van der Waals surface area contributed by atoms with Gasteiger partial charge in [-0.2, -0.15) is 0 Å². The first kappa shape index (κ1) is 24.6. The van der Waals surface area contributed by atoms with Gasteiger partial charge in [-0.1, -0.05) is 108 Å². The molecule has 162 valence electrons. The van der Waals surface area contributed by atoms with Crippen molar-refractivity contribution in [1.82, 2.24) is 0 Å². The normalized spacial score (nSPS) is 14.5. The molecule has 30 heavy (non-hydrogen) atoms. The Morgan fingerprint density at radius 1 is 0.900 bits per heavy atom. The number of hydrogen-bond acceptors (Lipinski definition) is 2. The largest absolute Gasteiger partial charge is 0.407 e. The highest BCUT2D eigenvalue weighted by Crippen LogP contribution is 2.37. The molecular formula is C26H38O2Si2. The molecule has 0 aromatic heterocycles. The Balaban J connectivity index is 2.33. The van der Waals surface area contributed by atoms with Crippen molar-refractivity contribution in [2.24, 2.45) is 5.92 Å². The fourth-order valence-corrected chi connectivity index (χ4v) is 9.05. The van der Waals surface area contributed by atoms with Crippen LogP contribution in [-0.4, -0.2) is 34.2 Å². The predicted octanol–water partition coefficient (Wildman–Crippen LogP) is 4.83. The van der Waals surface area contributed by atoms with Gasteiger partial charge in [0.05, 0.1) is 6.10 Å². The zero-order valence-electron chi connectivity index (χ0n) is 19.7. The highest BCUT2D eigenvalue weighted by Gasteiger charge is 2.50. The van der Waals surface area contributed by atoms with Crippen molar-refractivity contribution in [2.45, 2.75) is 64.9 Å². The maximum Gasteiger partial charge on any atom is 0.261 e. The number of aliphatic hydroxyl groups is 1. The standard InChI is InChI=1S/C26H38O2Si2/c1-22(25(27)19-14-20-29(5,6)7)21-28-30(26(2,3)4,23-15-10-8-11-16-23)24-17-12-9-13-18-24/h8-13,15-18,22,25,27H,19,21H2,1-7H3/t22-,25-/m1/s1. The van der Waals surface area contributed by atoms with Crippen LogP contribution in [0.15, 0.2) is 60.7 Å². The van der Waals surface area contributed by atoms with Crippen molar-refractivity contribution in [3.05, 3.63) is 60.7 Å². The molecule has 0 aliphatic heterocycles. The van der Waals surface area contributed by atoms with Crippen molar-refractivity contribution in [2.75, 3.05) is 6.61 Å². The second kappa shape index (κ2) is 10.1. The van der Waals surface area contributed by atoms with Crippen LogP contribution in [0.5, 0.6) is 0 Å². The Hall–Kier alpha value is -1.65. The first-order valence-corrected chi connectivity index (χ1v) is 16.3. The topological polar surface area (TPSA) is 29.5 Å². The zero-order valence-corrected chi connectivity index (χ0v) is 21.7. The van der Waals surface area contributed by atoms with Crippen LogP contribution in [-0.2, 0) is 4.43 Å². The lowest BCUT2D eigenvalue weighted by Crippen LogP contribution is -2.67. The summed E-state index contributed by atoms with van der Waals surface area (Å²) in [6, 6.07) is 21.3. The Labute approximate surface area is 185 Å². The van der Waals surface area contributed by atoms with E-state index < -0.39 is 22.5 Å². The predicted molar refractivity (Wildman–Crippen MR) is 134 cm³/mol. The Kier molecular flexibility index (Phi) is 8.30. The van der Waals surface area contributed by atoms with E-state index in [1.54, 1.807) is 0 Å². The van der Waals surface area contributed by atoms with Gasteiger partial charge in [0.1, 0.15) is 8.07 Å². The van der Waals surface area contributed by atoms with E-state index >= 15 is 0 Å². The molecule has 0 bridgehead atoms. The van der Waals surface area contributed by atoms with Crippen LogP contribution in [0.1, 0.15) is 34.1 Å². The molecule has 0 fully saturated rings. The Bertz CT molecular complexity index is 800. The summed E-state index contributed by atoms with van der Waals surface area (Å²) in [6.45, 7) is 16.1. The molecular weight excluding hydrogens is 400 g/mol. The van der Waals surface area contributed by atoms with Crippen molar-refractivity contribution in [1.29, 1.82) is 0 Å². The van der Waals surface area contributed by atoms with Crippen LogP contribution in [0.3, 0.4) is 0 Å². The van der Waals surface area contributed by atoms with Gasteiger partial charge in [-0.15, -0.1) is 11.5 Å². The van der Waals surface area contributed by atoms with Crippen molar-refractivity contribution in [3.8, 4) is 11.5 Å². The van der Waals surface area contributed by atoms with Crippen molar-refractivity contribution >= 4 is 26.8 Å². The molecule has 0 aliphatic rings. The van der Waals surface area contributed by atoms with E-state index in [0.29, 0.717) is 13.0 Å². The van der Waals surface area contributed by atoms with Crippen LogP contribution in [0.4, 0.5) is 0 Å². The number of benzene rings is 2. The van der Waals surface area contributed by atoms with Crippen molar-refractivity contribution in [3.63, 3.8) is 0 Å². The third-order valence-corrected chi connectivity index (χ3v) is 11.3.